The largest absolute Gasteiger partial charge is 0.505 e. The Morgan fingerprint density at radius 3 is 2.65 bits per heavy atom. The summed E-state index contributed by atoms with van der Waals surface area (Å²) in [5.41, 5.74) is 0.688. The number of aromatic nitrogens is 4. The average molecular weight is 362 g/mol. The molecule has 2 rings (SSSR count). The molecule has 0 aliphatic carbocycles. The van der Waals surface area contributed by atoms with Gasteiger partial charge in [0.15, 0.2) is 17.3 Å². The maximum Gasteiger partial charge on any atom is 0.311 e. The van der Waals surface area contributed by atoms with Gasteiger partial charge in [-0.2, -0.15) is 4.39 Å². The molecule has 0 radical (unpaired) electrons. The monoisotopic (exact) mass is 362 g/mol. The summed E-state index contributed by atoms with van der Waals surface area (Å²) in [4.78, 5) is 11.7. The van der Waals surface area contributed by atoms with Crippen molar-refractivity contribution in [2.75, 3.05) is 0 Å². The Morgan fingerprint density at radius 2 is 2.04 bits per heavy atom. The second-order valence-electron chi connectivity index (χ2n) is 5.55. The number of carbonyl (C=O) groups is 1. The van der Waals surface area contributed by atoms with Crippen molar-refractivity contribution in [3.8, 4) is 17.2 Å². The molecule has 0 fully saturated rings. The number of esters is 1. The van der Waals surface area contributed by atoms with Crippen molar-refractivity contribution >= 4 is 11.5 Å². The van der Waals surface area contributed by atoms with E-state index in [9.17, 15) is 19.4 Å². The highest BCUT2D eigenvalue weighted by atomic mass is 19.1. The van der Waals surface area contributed by atoms with Crippen LogP contribution in [0.15, 0.2) is 30.9 Å². The van der Waals surface area contributed by atoms with Gasteiger partial charge in [-0.15, -0.1) is 5.10 Å². The second-order valence-corrected chi connectivity index (χ2v) is 5.55. The predicted octanol–water partition coefficient (Wildman–Crippen LogP) is 2.50. The molecule has 0 saturated carbocycles. The van der Waals surface area contributed by atoms with Crippen molar-refractivity contribution in [3.63, 3.8) is 0 Å². The van der Waals surface area contributed by atoms with Gasteiger partial charge in [-0.3, -0.25) is 4.79 Å². The number of phenols is 2. The van der Waals surface area contributed by atoms with Gasteiger partial charge in [-0.25, -0.2) is 4.68 Å². The van der Waals surface area contributed by atoms with E-state index >= 15 is 0 Å². The van der Waals surface area contributed by atoms with Crippen molar-refractivity contribution in [2.24, 2.45) is 7.05 Å². The number of nitrogens with zero attached hydrogens (tertiary/aromatic N) is 4. The van der Waals surface area contributed by atoms with Gasteiger partial charge in [0.05, 0.1) is 0 Å². The highest BCUT2D eigenvalue weighted by molar-refractivity contribution is 5.72. The number of aromatic hydroxyl groups is 2. The van der Waals surface area contributed by atoms with E-state index in [1.807, 2.05) is 12.2 Å². The molecule has 1 heterocycles. The molecule has 0 bridgehead atoms. The Bertz CT molecular complexity index is 809. The van der Waals surface area contributed by atoms with Crippen LogP contribution in [0.4, 0.5) is 4.39 Å². The van der Waals surface area contributed by atoms with E-state index < -0.39 is 23.3 Å². The Kier molecular flexibility index (Phi) is 6.42. The Morgan fingerprint density at radius 1 is 1.35 bits per heavy atom. The van der Waals surface area contributed by atoms with Crippen molar-refractivity contribution in [1.82, 2.24) is 20.2 Å². The highest BCUT2D eigenvalue weighted by Crippen LogP contribution is 2.30. The number of phenolic OH excluding ortho intramolecular Hbond substituents is 2. The molecule has 0 amide bonds. The summed E-state index contributed by atoms with van der Waals surface area (Å²) >= 11 is 0. The van der Waals surface area contributed by atoms with E-state index in [2.05, 4.69) is 22.1 Å². The fourth-order valence-electron chi connectivity index (χ4n) is 2.14. The molecule has 0 spiro atoms. The predicted molar refractivity (Wildman–Crippen MR) is 90.8 cm³/mol. The maximum atomic E-state index is 13.1. The van der Waals surface area contributed by atoms with Gasteiger partial charge in [0.25, 0.3) is 0 Å². The molecule has 2 aromatic rings. The number of hydrogen-bond acceptors (Lipinski definition) is 7. The SMILES string of the molecule is C=C(C=CCCCCC(=O)Oc1cc(O)c(F)c(O)c1)c1nnnn1C. The van der Waals surface area contributed by atoms with E-state index in [0.29, 0.717) is 17.8 Å². The van der Waals surface area contributed by atoms with Gasteiger partial charge in [0.1, 0.15) is 5.75 Å². The van der Waals surface area contributed by atoms with Gasteiger partial charge >= 0.3 is 5.97 Å². The normalized spacial score (nSPS) is 11.0. The number of carbonyl (C=O) groups excluding carboxylic acids is 1. The molecule has 0 saturated heterocycles. The summed E-state index contributed by atoms with van der Waals surface area (Å²) < 4.78 is 19.5. The molecule has 0 aliphatic rings. The molecule has 0 unspecified atom stereocenters. The number of hydrogen-bond donors (Lipinski definition) is 2. The number of ether oxygens (including phenoxy) is 1. The molecule has 8 nitrogen and oxygen atoms in total. The molecule has 26 heavy (non-hydrogen) atoms. The van der Waals surface area contributed by atoms with E-state index in [4.69, 9.17) is 4.74 Å². The molecule has 138 valence electrons. The Labute approximate surface area is 149 Å². The Hall–Kier alpha value is -3.23. The smallest absolute Gasteiger partial charge is 0.311 e. The molecule has 0 aliphatic heterocycles. The number of halogens is 1. The zero-order valence-corrected chi connectivity index (χ0v) is 14.2. The zero-order valence-electron chi connectivity index (χ0n) is 14.2. The molecule has 1 aromatic carbocycles. The first-order valence-electron chi connectivity index (χ1n) is 7.89. The van der Waals surface area contributed by atoms with E-state index in [1.54, 1.807) is 7.05 Å². The average Bonchev–Trinajstić information content (AvgIpc) is 3.01. The lowest BCUT2D eigenvalue weighted by Crippen LogP contribution is -2.07. The number of tetrazole rings is 1. The molecular formula is C17H19FN4O4. The third kappa shape index (κ3) is 5.13. The van der Waals surface area contributed by atoms with Crippen LogP contribution in [0.5, 0.6) is 17.2 Å². The number of rotatable bonds is 8. The van der Waals surface area contributed by atoms with E-state index in [-0.39, 0.29) is 12.2 Å². The van der Waals surface area contributed by atoms with Crippen LogP contribution >= 0.6 is 0 Å². The minimum absolute atomic E-state index is 0.111. The van der Waals surface area contributed by atoms with E-state index in [0.717, 1.165) is 25.0 Å². The molecule has 2 N–H and O–H groups in total. The summed E-state index contributed by atoms with van der Waals surface area (Å²) in [6.07, 6.45) is 5.94. The number of unbranched alkanes of at least 4 members (excludes halogenated alkanes) is 2. The first-order chi connectivity index (χ1) is 12.4. The fourth-order valence-corrected chi connectivity index (χ4v) is 2.14. The van der Waals surface area contributed by atoms with Crippen LogP contribution < -0.4 is 4.74 Å². The van der Waals surface area contributed by atoms with Crippen molar-refractivity contribution < 1.29 is 24.1 Å². The first kappa shape index (κ1) is 19.1. The summed E-state index contributed by atoms with van der Waals surface area (Å²) in [5, 5.41) is 29.6. The second kappa shape index (κ2) is 8.75. The number of allylic oxidation sites excluding steroid dienone is 3. The molecular weight excluding hydrogens is 343 g/mol. The molecule has 0 atom stereocenters. The fraction of sp³-hybridized carbons (Fsp3) is 0.294. The summed E-state index contributed by atoms with van der Waals surface area (Å²) in [6.45, 7) is 3.88. The number of benzene rings is 1. The van der Waals surface area contributed by atoms with Crippen LogP contribution in [0.3, 0.4) is 0 Å². The van der Waals surface area contributed by atoms with Crippen molar-refractivity contribution in [3.05, 3.63) is 42.5 Å². The van der Waals surface area contributed by atoms with E-state index in [1.165, 1.54) is 4.68 Å². The van der Waals surface area contributed by atoms with Gasteiger partial charge in [0.2, 0.25) is 5.82 Å². The lowest BCUT2D eigenvalue weighted by Gasteiger charge is -2.06. The lowest BCUT2D eigenvalue weighted by molar-refractivity contribution is -0.134. The first-order valence-corrected chi connectivity index (χ1v) is 7.89. The van der Waals surface area contributed by atoms with Gasteiger partial charge in [-0.1, -0.05) is 18.7 Å². The van der Waals surface area contributed by atoms with Crippen LogP contribution in [0.1, 0.15) is 31.5 Å². The topological polar surface area (TPSA) is 110 Å². The highest BCUT2D eigenvalue weighted by Gasteiger charge is 2.12. The standard InChI is InChI=1S/C17H19FN4O4/c1-11(17-19-20-21-22(17)2)7-5-3-4-6-8-15(25)26-12-9-13(23)16(18)14(24)10-12/h5,7,9-10,23-24H,1,3-4,6,8H2,2H3. The number of aryl methyl sites for hydroxylation is 1. The van der Waals surface area contributed by atoms with Crippen molar-refractivity contribution in [2.45, 2.75) is 25.7 Å². The van der Waals surface area contributed by atoms with Crippen LogP contribution in [0.25, 0.3) is 5.57 Å². The van der Waals surface area contributed by atoms with Crippen LogP contribution in [0, 0.1) is 5.82 Å². The zero-order chi connectivity index (χ0) is 19.1. The quantitative estimate of drug-likeness (QED) is 0.321. The summed E-state index contributed by atoms with van der Waals surface area (Å²) in [5.74, 6) is -2.78. The van der Waals surface area contributed by atoms with Crippen LogP contribution in [-0.2, 0) is 11.8 Å². The van der Waals surface area contributed by atoms with Crippen molar-refractivity contribution in [1.29, 1.82) is 0 Å². The van der Waals surface area contributed by atoms with Gasteiger partial charge < -0.3 is 14.9 Å². The van der Waals surface area contributed by atoms with Crippen LogP contribution in [0.2, 0.25) is 0 Å². The van der Waals surface area contributed by atoms with Gasteiger partial charge in [0, 0.05) is 31.2 Å². The third-order valence-electron chi connectivity index (χ3n) is 3.47. The third-order valence-corrected chi connectivity index (χ3v) is 3.47. The summed E-state index contributed by atoms with van der Waals surface area (Å²) in [6, 6.07) is 1.87. The van der Waals surface area contributed by atoms with Gasteiger partial charge in [-0.05, 0) is 29.7 Å². The molecule has 9 heteroatoms. The minimum atomic E-state index is -1.16. The Balaban J connectivity index is 1.70. The maximum absolute atomic E-state index is 13.1. The summed E-state index contributed by atoms with van der Waals surface area (Å²) in [7, 11) is 1.72. The minimum Gasteiger partial charge on any atom is -0.505 e. The lowest BCUT2D eigenvalue weighted by atomic mass is 10.1. The molecule has 1 aromatic heterocycles. The van der Waals surface area contributed by atoms with Crippen LogP contribution in [-0.4, -0.2) is 36.4 Å².